The largest absolute Gasteiger partial charge is 0.380 e. The zero-order chi connectivity index (χ0) is 21.9. The first kappa shape index (κ1) is 22.4. The highest BCUT2D eigenvalue weighted by Gasteiger charge is 2.14. The first-order valence-electron chi connectivity index (χ1n) is 9.56. The first-order chi connectivity index (χ1) is 14.2. The Morgan fingerprint density at radius 2 is 1.97 bits per heavy atom. The monoisotopic (exact) mass is 447 g/mol. The van der Waals surface area contributed by atoms with Gasteiger partial charge in [0.05, 0.1) is 28.1 Å². The van der Waals surface area contributed by atoms with Gasteiger partial charge in [-0.15, -0.1) is 0 Å². The predicted molar refractivity (Wildman–Crippen MR) is 118 cm³/mol. The van der Waals surface area contributed by atoms with E-state index in [-0.39, 0.29) is 17.2 Å². The van der Waals surface area contributed by atoms with Crippen molar-refractivity contribution in [2.45, 2.75) is 38.6 Å². The summed E-state index contributed by atoms with van der Waals surface area (Å²) in [6.07, 6.45) is 0.204. The van der Waals surface area contributed by atoms with Gasteiger partial charge in [0, 0.05) is 13.2 Å². The number of thiazole rings is 1. The van der Waals surface area contributed by atoms with Crippen LogP contribution in [0.5, 0.6) is 0 Å². The molecular weight excluding hydrogens is 422 g/mol. The smallest absolute Gasteiger partial charge is 0.252 e. The van der Waals surface area contributed by atoms with Crippen molar-refractivity contribution < 1.29 is 17.9 Å². The number of rotatable bonds is 7. The van der Waals surface area contributed by atoms with Crippen LogP contribution in [-0.4, -0.2) is 32.1 Å². The first-order valence-corrected chi connectivity index (χ1v) is 11.9. The molecule has 0 fully saturated rings. The fraction of sp³-hybridized carbons (Fsp3) is 0.333. The number of nitrogens with two attached hydrogens (primary N) is 1. The summed E-state index contributed by atoms with van der Waals surface area (Å²) in [6, 6.07) is 10.7. The lowest BCUT2D eigenvalue weighted by molar-refractivity contribution is -0.117. The van der Waals surface area contributed by atoms with Gasteiger partial charge in [0.25, 0.3) is 5.91 Å². The third kappa shape index (κ3) is 5.23. The highest BCUT2D eigenvalue weighted by molar-refractivity contribution is 7.89. The van der Waals surface area contributed by atoms with E-state index in [9.17, 15) is 13.2 Å². The molecule has 0 radical (unpaired) electrons. The van der Waals surface area contributed by atoms with Crippen LogP contribution in [0.25, 0.3) is 10.2 Å². The van der Waals surface area contributed by atoms with E-state index in [1.54, 1.807) is 6.07 Å². The lowest BCUT2D eigenvalue weighted by Gasteiger charge is -2.06. The van der Waals surface area contributed by atoms with E-state index >= 15 is 0 Å². The molecule has 0 unspecified atom stereocenters. The molecule has 1 amide bonds. The van der Waals surface area contributed by atoms with Crippen LogP contribution in [0.3, 0.4) is 0 Å². The Bertz CT molecular complexity index is 1260. The SMILES string of the molecule is CCOCCn1c(=NC(=O)Cc2cc(C)ccc2C)sc2cc(S(N)(=O)=O)ccc21. The van der Waals surface area contributed by atoms with Gasteiger partial charge >= 0.3 is 0 Å². The maximum absolute atomic E-state index is 12.7. The summed E-state index contributed by atoms with van der Waals surface area (Å²) in [6.45, 7) is 7.40. The highest BCUT2D eigenvalue weighted by atomic mass is 32.2. The van der Waals surface area contributed by atoms with Crippen molar-refractivity contribution in [3.63, 3.8) is 0 Å². The Balaban J connectivity index is 2.04. The van der Waals surface area contributed by atoms with Crippen molar-refractivity contribution in [1.29, 1.82) is 0 Å². The summed E-state index contributed by atoms with van der Waals surface area (Å²) in [7, 11) is -3.82. The number of primary sulfonamides is 1. The minimum atomic E-state index is -3.82. The lowest BCUT2D eigenvalue weighted by Crippen LogP contribution is -2.20. The molecule has 0 aliphatic rings. The quantitative estimate of drug-likeness (QED) is 0.562. The number of hydrogen-bond acceptors (Lipinski definition) is 5. The average molecular weight is 448 g/mol. The molecule has 3 aromatic rings. The van der Waals surface area contributed by atoms with Crippen molar-refractivity contribution in [3.05, 3.63) is 57.9 Å². The Morgan fingerprint density at radius 3 is 2.67 bits per heavy atom. The number of nitrogens with zero attached hydrogens (tertiary/aromatic N) is 2. The number of carbonyl (C=O) groups is 1. The van der Waals surface area contributed by atoms with Gasteiger partial charge in [-0.25, -0.2) is 13.6 Å². The van der Waals surface area contributed by atoms with Gasteiger partial charge in [-0.3, -0.25) is 4.79 Å². The molecule has 3 rings (SSSR count). The molecule has 1 aromatic heterocycles. The number of benzene rings is 2. The van der Waals surface area contributed by atoms with E-state index in [1.165, 1.54) is 23.5 Å². The van der Waals surface area contributed by atoms with E-state index in [2.05, 4.69) is 4.99 Å². The van der Waals surface area contributed by atoms with Crippen molar-refractivity contribution >= 4 is 37.5 Å². The summed E-state index contributed by atoms with van der Waals surface area (Å²) < 4.78 is 31.4. The number of hydrogen-bond donors (Lipinski definition) is 1. The molecule has 160 valence electrons. The van der Waals surface area contributed by atoms with Gasteiger partial charge < -0.3 is 9.30 Å². The number of fused-ring (bicyclic) bond motifs is 1. The summed E-state index contributed by atoms with van der Waals surface area (Å²) in [5.41, 5.74) is 3.86. The molecule has 2 aromatic carbocycles. The normalized spacial score (nSPS) is 12.6. The standard InChI is InChI=1S/C21H25N3O4S2/c1-4-28-10-9-24-18-8-7-17(30(22,26)27)13-19(18)29-21(24)23-20(25)12-16-11-14(2)5-6-15(16)3/h5-8,11,13H,4,9-10,12H2,1-3H3,(H2,22,26,27). The predicted octanol–water partition coefficient (Wildman–Crippen LogP) is 2.67. The molecule has 0 spiro atoms. The zero-order valence-electron chi connectivity index (χ0n) is 17.2. The lowest BCUT2D eigenvalue weighted by atomic mass is 10.0. The zero-order valence-corrected chi connectivity index (χ0v) is 18.8. The molecule has 0 aliphatic heterocycles. The third-order valence-electron chi connectivity index (χ3n) is 4.71. The molecule has 7 nitrogen and oxygen atoms in total. The molecule has 0 aliphatic carbocycles. The van der Waals surface area contributed by atoms with Crippen LogP contribution in [0, 0.1) is 13.8 Å². The van der Waals surface area contributed by atoms with E-state index < -0.39 is 10.0 Å². The number of sulfonamides is 1. The van der Waals surface area contributed by atoms with Gasteiger partial charge in [-0.05, 0) is 50.1 Å². The van der Waals surface area contributed by atoms with Crippen LogP contribution in [0.1, 0.15) is 23.6 Å². The molecule has 9 heteroatoms. The number of ether oxygens (including phenoxy) is 1. The summed E-state index contributed by atoms with van der Waals surface area (Å²) in [4.78, 5) is 17.6. The maximum atomic E-state index is 12.7. The molecule has 30 heavy (non-hydrogen) atoms. The van der Waals surface area contributed by atoms with Crippen LogP contribution in [0.4, 0.5) is 0 Å². The van der Waals surface area contributed by atoms with Gasteiger partial charge in [-0.2, -0.15) is 4.99 Å². The van der Waals surface area contributed by atoms with E-state index in [0.29, 0.717) is 29.3 Å². The van der Waals surface area contributed by atoms with Gasteiger partial charge in [-0.1, -0.05) is 35.1 Å². The van der Waals surface area contributed by atoms with Gasteiger partial charge in [0.15, 0.2) is 4.80 Å². The van der Waals surface area contributed by atoms with Crippen LogP contribution in [0.15, 0.2) is 46.3 Å². The van der Waals surface area contributed by atoms with Gasteiger partial charge in [0.1, 0.15) is 0 Å². The summed E-state index contributed by atoms with van der Waals surface area (Å²) >= 11 is 1.26. The minimum Gasteiger partial charge on any atom is -0.380 e. The second-order valence-corrected chi connectivity index (χ2v) is 9.59. The van der Waals surface area contributed by atoms with Crippen LogP contribution < -0.4 is 9.94 Å². The van der Waals surface area contributed by atoms with Crippen molar-refractivity contribution in [2.24, 2.45) is 10.1 Å². The fourth-order valence-corrected chi connectivity index (χ4v) is 4.86. The molecule has 0 atom stereocenters. The Hall–Kier alpha value is -2.33. The van der Waals surface area contributed by atoms with Crippen molar-refractivity contribution in [1.82, 2.24) is 4.57 Å². The number of aromatic nitrogens is 1. The minimum absolute atomic E-state index is 0.0291. The van der Waals surface area contributed by atoms with Crippen molar-refractivity contribution in [2.75, 3.05) is 13.2 Å². The van der Waals surface area contributed by atoms with Gasteiger partial charge in [0.2, 0.25) is 10.0 Å². The highest BCUT2D eigenvalue weighted by Crippen LogP contribution is 2.21. The van der Waals surface area contributed by atoms with Crippen LogP contribution in [0.2, 0.25) is 0 Å². The molecule has 1 heterocycles. The number of carbonyl (C=O) groups excluding carboxylic acids is 1. The van der Waals surface area contributed by atoms with Crippen LogP contribution >= 0.6 is 11.3 Å². The van der Waals surface area contributed by atoms with E-state index in [1.807, 2.05) is 43.5 Å². The summed E-state index contributed by atoms with van der Waals surface area (Å²) in [5, 5.41) is 5.26. The second-order valence-electron chi connectivity index (χ2n) is 7.02. The molecule has 0 bridgehead atoms. The number of amides is 1. The second kappa shape index (κ2) is 9.22. The Morgan fingerprint density at radius 1 is 1.20 bits per heavy atom. The number of aryl methyl sites for hydroxylation is 2. The van der Waals surface area contributed by atoms with E-state index in [0.717, 1.165) is 22.2 Å². The van der Waals surface area contributed by atoms with Crippen molar-refractivity contribution in [3.8, 4) is 0 Å². The van der Waals surface area contributed by atoms with Crippen LogP contribution in [-0.2, 0) is 32.5 Å². The summed E-state index contributed by atoms with van der Waals surface area (Å²) in [5.74, 6) is -0.257. The average Bonchev–Trinajstić information content (AvgIpc) is 3.00. The molecular formula is C21H25N3O4S2. The third-order valence-corrected chi connectivity index (χ3v) is 6.66. The molecule has 0 saturated heterocycles. The Kier molecular flexibility index (Phi) is 6.87. The molecule has 2 N–H and O–H groups in total. The molecule has 0 saturated carbocycles. The van der Waals surface area contributed by atoms with E-state index in [4.69, 9.17) is 9.88 Å². The fourth-order valence-electron chi connectivity index (χ4n) is 3.13. The topological polar surface area (TPSA) is 104 Å². The maximum Gasteiger partial charge on any atom is 0.252 e. The Labute approximate surface area is 179 Å².